The zero-order valence-electron chi connectivity index (χ0n) is 14.1. The summed E-state index contributed by atoms with van der Waals surface area (Å²) >= 11 is 12.4. The maximum absolute atomic E-state index is 10.4. The van der Waals surface area contributed by atoms with Crippen molar-refractivity contribution >= 4 is 29.3 Å². The predicted octanol–water partition coefficient (Wildman–Crippen LogP) is 4.77. The summed E-state index contributed by atoms with van der Waals surface area (Å²) in [4.78, 5) is 4.29. The van der Waals surface area contributed by atoms with Crippen LogP contribution < -0.4 is 0 Å². The highest BCUT2D eigenvalue weighted by atomic mass is 35.5. The average molecular weight is 388 g/mol. The van der Waals surface area contributed by atoms with Crippen LogP contribution in [-0.2, 0) is 6.42 Å². The number of rotatable bonds is 3. The Morgan fingerprint density at radius 1 is 1.27 bits per heavy atom. The maximum atomic E-state index is 10.4. The van der Waals surface area contributed by atoms with Crippen molar-refractivity contribution in [1.29, 1.82) is 0 Å². The van der Waals surface area contributed by atoms with E-state index in [1.807, 2.05) is 18.2 Å². The van der Waals surface area contributed by atoms with Crippen molar-refractivity contribution < 1.29 is 5.11 Å². The number of H-pyrrole nitrogens is 1. The number of allylic oxidation sites excluding steroid dienone is 3. The Morgan fingerprint density at radius 2 is 2.15 bits per heavy atom. The molecule has 0 saturated heterocycles. The summed E-state index contributed by atoms with van der Waals surface area (Å²) in [6.07, 6.45) is 10.9. The summed E-state index contributed by atoms with van der Waals surface area (Å²) < 4.78 is 0. The van der Waals surface area contributed by atoms with Crippen LogP contribution in [0.5, 0.6) is 0 Å². The van der Waals surface area contributed by atoms with Crippen LogP contribution in [0.1, 0.15) is 30.7 Å². The summed E-state index contributed by atoms with van der Waals surface area (Å²) in [7, 11) is 0. The van der Waals surface area contributed by atoms with Gasteiger partial charge in [-0.15, -0.1) is 0 Å². The molecular formula is C20H19Cl2N3O. The van der Waals surface area contributed by atoms with Gasteiger partial charge in [0, 0.05) is 22.4 Å². The number of aromatic amines is 1. The lowest BCUT2D eigenvalue weighted by Gasteiger charge is -2.33. The van der Waals surface area contributed by atoms with Gasteiger partial charge in [-0.05, 0) is 54.2 Å². The van der Waals surface area contributed by atoms with Gasteiger partial charge in [0.1, 0.15) is 12.2 Å². The van der Waals surface area contributed by atoms with Crippen molar-refractivity contribution in [3.63, 3.8) is 0 Å². The Balaban J connectivity index is 1.75. The minimum absolute atomic E-state index is 0.143. The van der Waals surface area contributed by atoms with E-state index in [0.29, 0.717) is 16.5 Å². The molecule has 4 rings (SSSR count). The van der Waals surface area contributed by atoms with Gasteiger partial charge < -0.3 is 5.11 Å². The van der Waals surface area contributed by atoms with Crippen LogP contribution in [0.2, 0.25) is 10.0 Å². The number of aliphatic hydroxyl groups excluding tert-OH is 1. The molecule has 1 aromatic heterocycles. The predicted molar refractivity (Wildman–Crippen MR) is 104 cm³/mol. The van der Waals surface area contributed by atoms with E-state index in [1.54, 1.807) is 6.07 Å². The van der Waals surface area contributed by atoms with Crippen molar-refractivity contribution in [3.05, 3.63) is 74.8 Å². The van der Waals surface area contributed by atoms with Crippen molar-refractivity contribution in [2.75, 3.05) is 0 Å². The van der Waals surface area contributed by atoms with Gasteiger partial charge in [-0.3, -0.25) is 5.10 Å². The smallest absolute Gasteiger partial charge is 0.137 e. The number of aliphatic hydroxyl groups is 1. The van der Waals surface area contributed by atoms with Crippen LogP contribution in [0.3, 0.4) is 0 Å². The fourth-order valence-corrected chi connectivity index (χ4v) is 4.27. The molecule has 1 aromatic carbocycles. The Hall–Kier alpha value is -1.88. The highest BCUT2D eigenvalue weighted by Gasteiger charge is 2.30. The van der Waals surface area contributed by atoms with Crippen molar-refractivity contribution in [2.45, 2.75) is 31.8 Å². The normalized spacial score (nSPS) is 24.2. The van der Waals surface area contributed by atoms with Gasteiger partial charge in [0.2, 0.25) is 0 Å². The van der Waals surface area contributed by atoms with E-state index in [2.05, 4.69) is 27.3 Å². The molecule has 2 N–H and O–H groups in total. The Morgan fingerprint density at radius 3 is 2.92 bits per heavy atom. The monoisotopic (exact) mass is 387 g/mol. The number of nitrogens with zero attached hydrogens (tertiary/aromatic N) is 2. The van der Waals surface area contributed by atoms with Crippen LogP contribution in [0.25, 0.3) is 6.08 Å². The van der Waals surface area contributed by atoms with E-state index in [4.69, 9.17) is 23.2 Å². The van der Waals surface area contributed by atoms with Crippen molar-refractivity contribution in [2.24, 2.45) is 5.92 Å². The molecule has 6 heteroatoms. The van der Waals surface area contributed by atoms with Crippen molar-refractivity contribution in [1.82, 2.24) is 15.2 Å². The molecule has 0 spiro atoms. The molecule has 26 heavy (non-hydrogen) atoms. The highest BCUT2D eigenvalue weighted by Crippen LogP contribution is 2.41. The summed E-state index contributed by atoms with van der Waals surface area (Å²) in [6, 6.07) is 5.52. The van der Waals surface area contributed by atoms with E-state index in [0.717, 1.165) is 41.8 Å². The molecule has 2 aromatic rings. The van der Waals surface area contributed by atoms with Crippen molar-refractivity contribution in [3.8, 4) is 0 Å². The second kappa shape index (κ2) is 7.39. The molecule has 2 aliphatic rings. The standard InChI is InChI=1S/C20H19Cl2N3O/c21-14-6-4-13(18(22)9-14)8-12-5-7-16-15(2-1-3-19(16)26)17(12)10-20-23-11-24-25-20/h4-9,11,17,19,26H,1-3,10H2,(H,23,24,25). The average Bonchev–Trinajstić information content (AvgIpc) is 3.12. The Kier molecular flexibility index (Phi) is 4.98. The molecule has 0 bridgehead atoms. The van der Waals surface area contributed by atoms with Crippen LogP contribution in [0.15, 0.2) is 53.4 Å². The Bertz CT molecular complexity index is 900. The van der Waals surface area contributed by atoms with E-state index in [-0.39, 0.29) is 12.0 Å². The number of halogens is 2. The summed E-state index contributed by atoms with van der Waals surface area (Å²) in [5, 5.41) is 18.6. The third-order valence-electron chi connectivity index (χ3n) is 5.08. The third-order valence-corrected chi connectivity index (χ3v) is 5.64. The van der Waals surface area contributed by atoms with Crippen LogP contribution in [0.4, 0.5) is 0 Å². The molecule has 0 saturated carbocycles. The topological polar surface area (TPSA) is 61.8 Å². The molecule has 1 heterocycles. The minimum atomic E-state index is -0.382. The number of nitrogens with one attached hydrogen (secondary N) is 1. The third kappa shape index (κ3) is 3.50. The first kappa shape index (κ1) is 17.5. The fraction of sp³-hybridized carbons (Fsp3) is 0.300. The number of hydrogen-bond acceptors (Lipinski definition) is 3. The van der Waals surface area contributed by atoms with Gasteiger partial charge >= 0.3 is 0 Å². The Labute approximate surface area is 162 Å². The number of benzene rings is 1. The fourth-order valence-electron chi connectivity index (χ4n) is 3.81. The molecule has 0 fully saturated rings. The number of hydrogen-bond donors (Lipinski definition) is 2. The largest absolute Gasteiger partial charge is 0.388 e. The van der Waals surface area contributed by atoms with Gasteiger partial charge in [0.25, 0.3) is 0 Å². The molecule has 134 valence electrons. The SMILES string of the molecule is OC1CCCC2=C1C=CC(=Cc1ccc(Cl)cc1Cl)C2Cc1ncn[nH]1. The van der Waals surface area contributed by atoms with E-state index < -0.39 is 0 Å². The number of aromatic nitrogens is 3. The first-order valence-electron chi connectivity index (χ1n) is 8.72. The van der Waals surface area contributed by atoms with E-state index >= 15 is 0 Å². The quantitative estimate of drug-likeness (QED) is 0.797. The van der Waals surface area contributed by atoms with Crippen LogP contribution >= 0.6 is 23.2 Å². The molecule has 2 aliphatic carbocycles. The van der Waals surface area contributed by atoms with Gasteiger partial charge in [0.05, 0.1) is 6.10 Å². The van der Waals surface area contributed by atoms with Gasteiger partial charge in [-0.25, -0.2) is 4.98 Å². The molecular weight excluding hydrogens is 369 g/mol. The molecule has 4 nitrogen and oxygen atoms in total. The lowest BCUT2D eigenvalue weighted by Crippen LogP contribution is -2.24. The van der Waals surface area contributed by atoms with Gasteiger partial charge in [0.15, 0.2) is 0 Å². The molecule has 0 radical (unpaired) electrons. The zero-order valence-corrected chi connectivity index (χ0v) is 15.6. The maximum Gasteiger partial charge on any atom is 0.137 e. The molecule has 2 unspecified atom stereocenters. The van der Waals surface area contributed by atoms with E-state index in [9.17, 15) is 5.11 Å². The van der Waals surface area contributed by atoms with E-state index in [1.165, 1.54) is 11.9 Å². The van der Waals surface area contributed by atoms with Crippen LogP contribution in [-0.4, -0.2) is 26.4 Å². The summed E-state index contributed by atoms with van der Waals surface area (Å²) in [5.41, 5.74) is 4.43. The molecule has 2 atom stereocenters. The highest BCUT2D eigenvalue weighted by molar-refractivity contribution is 6.35. The summed E-state index contributed by atoms with van der Waals surface area (Å²) in [5.74, 6) is 0.981. The van der Waals surface area contributed by atoms with Gasteiger partial charge in [-0.2, -0.15) is 5.10 Å². The molecule has 0 aliphatic heterocycles. The second-order valence-electron chi connectivity index (χ2n) is 6.72. The minimum Gasteiger partial charge on any atom is -0.388 e. The summed E-state index contributed by atoms with van der Waals surface area (Å²) in [6.45, 7) is 0. The second-order valence-corrected chi connectivity index (χ2v) is 7.56. The van der Waals surface area contributed by atoms with Gasteiger partial charge in [-0.1, -0.05) is 47.0 Å². The van der Waals surface area contributed by atoms with Crippen LogP contribution in [0, 0.1) is 5.92 Å². The lowest BCUT2D eigenvalue weighted by molar-refractivity contribution is 0.190. The first-order chi connectivity index (χ1) is 12.6. The lowest BCUT2D eigenvalue weighted by atomic mass is 9.74. The molecule has 0 amide bonds. The first-order valence-corrected chi connectivity index (χ1v) is 9.47. The zero-order chi connectivity index (χ0) is 18.1.